The number of halogens is 1. The number of hydrogen-bond acceptors (Lipinski definition) is 2. The van der Waals surface area contributed by atoms with Gasteiger partial charge in [-0.3, -0.25) is 0 Å². The first-order chi connectivity index (χ1) is 19.9. The lowest BCUT2D eigenvalue weighted by Crippen LogP contribution is -2.37. The van der Waals surface area contributed by atoms with Crippen LogP contribution in [0.2, 0.25) is 44.3 Å². The molecule has 0 atom stereocenters. The van der Waals surface area contributed by atoms with Crippen molar-refractivity contribution in [2.75, 3.05) is 9.80 Å². The van der Waals surface area contributed by atoms with Crippen LogP contribution in [0.1, 0.15) is 5.56 Å². The molecule has 0 radical (unpaired) electrons. The first-order valence-corrected chi connectivity index (χ1v) is 22.0. The van der Waals surface area contributed by atoms with Gasteiger partial charge in [0, 0.05) is 22.7 Å². The van der Waals surface area contributed by atoms with Gasteiger partial charge in [-0.05, 0) is 73.2 Å². The third-order valence-electron chi connectivity index (χ3n) is 7.67. The highest BCUT2D eigenvalue weighted by Gasteiger charge is 2.24. The Morgan fingerprint density at radius 1 is 0.452 bits per heavy atom. The second-order valence-corrected chi connectivity index (χ2v) is 23.6. The highest BCUT2D eigenvalue weighted by atomic mass is 35.5. The molecule has 0 aromatic heterocycles. The predicted molar refractivity (Wildman–Crippen MR) is 192 cm³/mol. The third-order valence-corrected chi connectivity index (χ3v) is 12.2. The van der Waals surface area contributed by atoms with E-state index in [1.165, 1.54) is 10.4 Å². The molecule has 0 saturated carbocycles. The number of hydrogen-bond donors (Lipinski definition) is 0. The molecule has 0 bridgehead atoms. The van der Waals surface area contributed by atoms with E-state index in [0.29, 0.717) is 5.02 Å². The SMILES string of the molecule is Cc1cc(N(c2ccccc2)c2ccccc2)c(Cl)c(N(c2ccc([Si](C)(C)C)cc2)c2ccc([Si](C)(C)C)cc2)c1. The van der Waals surface area contributed by atoms with Crippen LogP contribution < -0.4 is 20.2 Å². The Morgan fingerprint density at radius 2 is 0.762 bits per heavy atom. The summed E-state index contributed by atoms with van der Waals surface area (Å²) in [5.74, 6) is 0. The van der Waals surface area contributed by atoms with Gasteiger partial charge < -0.3 is 9.80 Å². The largest absolute Gasteiger partial charge is 0.309 e. The van der Waals surface area contributed by atoms with Gasteiger partial charge in [0.1, 0.15) is 0 Å². The van der Waals surface area contributed by atoms with E-state index in [4.69, 9.17) is 11.6 Å². The molecule has 0 spiro atoms. The third kappa shape index (κ3) is 6.41. The summed E-state index contributed by atoms with van der Waals surface area (Å²) in [5.41, 5.74) is 7.38. The maximum absolute atomic E-state index is 7.51. The Bertz CT molecular complexity index is 1540. The van der Waals surface area contributed by atoms with E-state index >= 15 is 0 Å². The van der Waals surface area contributed by atoms with Gasteiger partial charge >= 0.3 is 0 Å². The first kappa shape index (κ1) is 29.9. The molecule has 42 heavy (non-hydrogen) atoms. The zero-order chi connectivity index (χ0) is 30.1. The second kappa shape index (κ2) is 12.0. The zero-order valence-corrected chi connectivity index (χ0v) is 28.6. The molecule has 0 fully saturated rings. The minimum absolute atomic E-state index is 0.705. The average Bonchev–Trinajstić information content (AvgIpc) is 2.96. The standard InChI is InChI=1S/C37H41ClN2Si2/c1-28-26-35(39(29-14-10-8-11-15-29)30-16-12-9-13-17-30)37(38)36(27-28)40(31-18-22-33(23-19-31)41(2,3)4)32-20-24-34(25-21-32)42(5,6)7/h8-27H,1-7H3. The van der Waals surface area contributed by atoms with Crippen LogP contribution >= 0.6 is 11.6 Å². The molecule has 0 N–H and O–H groups in total. The maximum atomic E-state index is 7.51. The van der Waals surface area contributed by atoms with Crippen molar-refractivity contribution in [1.82, 2.24) is 0 Å². The Morgan fingerprint density at radius 3 is 1.07 bits per heavy atom. The summed E-state index contributed by atoms with van der Waals surface area (Å²) in [5, 5.41) is 3.59. The van der Waals surface area contributed by atoms with E-state index in [2.05, 4.69) is 165 Å². The quantitative estimate of drug-likeness (QED) is 0.163. The molecule has 0 aliphatic rings. The van der Waals surface area contributed by atoms with Crippen molar-refractivity contribution < 1.29 is 0 Å². The van der Waals surface area contributed by atoms with Crippen molar-refractivity contribution in [3.63, 3.8) is 0 Å². The number of aryl methyl sites for hydroxylation is 1. The van der Waals surface area contributed by atoms with Crippen LogP contribution in [0, 0.1) is 6.92 Å². The second-order valence-electron chi connectivity index (χ2n) is 13.1. The number of rotatable bonds is 8. The van der Waals surface area contributed by atoms with Gasteiger partial charge in [-0.2, -0.15) is 0 Å². The highest BCUT2D eigenvalue weighted by molar-refractivity contribution is 6.89. The molecule has 0 amide bonds. The fourth-order valence-electron chi connectivity index (χ4n) is 5.29. The predicted octanol–water partition coefficient (Wildman–Crippen LogP) is 10.7. The van der Waals surface area contributed by atoms with Crippen LogP contribution in [0.5, 0.6) is 0 Å². The van der Waals surface area contributed by atoms with Gasteiger partial charge in [-0.1, -0.05) is 122 Å². The summed E-state index contributed by atoms with van der Waals surface area (Å²) in [6.45, 7) is 16.5. The molecule has 0 saturated heterocycles. The van der Waals surface area contributed by atoms with Crippen molar-refractivity contribution in [2.24, 2.45) is 0 Å². The van der Waals surface area contributed by atoms with Gasteiger partial charge in [-0.25, -0.2) is 0 Å². The van der Waals surface area contributed by atoms with Crippen LogP contribution in [0.3, 0.4) is 0 Å². The molecular weight excluding hydrogens is 564 g/mol. The first-order valence-electron chi connectivity index (χ1n) is 14.6. The average molecular weight is 605 g/mol. The summed E-state index contributed by atoms with van der Waals surface area (Å²) >= 11 is 7.51. The van der Waals surface area contributed by atoms with E-state index < -0.39 is 16.1 Å². The Balaban J connectivity index is 1.73. The molecule has 5 aromatic carbocycles. The maximum Gasteiger partial charge on any atom is 0.0887 e. The highest BCUT2D eigenvalue weighted by Crippen LogP contribution is 2.47. The monoisotopic (exact) mass is 604 g/mol. The van der Waals surface area contributed by atoms with E-state index in [1.807, 2.05) is 12.1 Å². The number of para-hydroxylation sites is 2. The minimum Gasteiger partial charge on any atom is -0.309 e. The van der Waals surface area contributed by atoms with Crippen LogP contribution in [-0.4, -0.2) is 16.1 Å². The van der Waals surface area contributed by atoms with E-state index in [-0.39, 0.29) is 0 Å². The fourth-order valence-corrected chi connectivity index (χ4v) is 7.90. The Labute approximate surface area is 259 Å². The summed E-state index contributed by atoms with van der Waals surface area (Å²) in [7, 11) is -2.89. The lowest BCUT2D eigenvalue weighted by molar-refractivity contribution is 1.23. The van der Waals surface area contributed by atoms with Gasteiger partial charge in [0.05, 0.1) is 32.5 Å². The topological polar surface area (TPSA) is 6.48 Å². The van der Waals surface area contributed by atoms with Crippen molar-refractivity contribution in [3.05, 3.63) is 132 Å². The normalized spacial score (nSPS) is 11.8. The lowest BCUT2D eigenvalue weighted by Gasteiger charge is -2.32. The van der Waals surface area contributed by atoms with E-state index in [1.54, 1.807) is 0 Å². The summed E-state index contributed by atoms with van der Waals surface area (Å²) in [4.78, 5) is 4.56. The van der Waals surface area contributed by atoms with Crippen LogP contribution in [0.25, 0.3) is 0 Å². The smallest absolute Gasteiger partial charge is 0.0887 e. The molecule has 5 aromatic rings. The van der Waals surface area contributed by atoms with Crippen molar-refractivity contribution in [1.29, 1.82) is 0 Å². The molecular formula is C37H41ClN2Si2. The van der Waals surface area contributed by atoms with E-state index in [9.17, 15) is 0 Å². The van der Waals surface area contributed by atoms with Gasteiger partial charge in [-0.15, -0.1) is 0 Å². The number of nitrogens with zero attached hydrogens (tertiary/aromatic N) is 2. The van der Waals surface area contributed by atoms with Crippen molar-refractivity contribution in [3.8, 4) is 0 Å². The van der Waals surface area contributed by atoms with Crippen molar-refractivity contribution in [2.45, 2.75) is 46.2 Å². The lowest BCUT2D eigenvalue weighted by atomic mass is 10.1. The molecule has 0 aliphatic heterocycles. The van der Waals surface area contributed by atoms with Gasteiger partial charge in [0.15, 0.2) is 0 Å². The van der Waals surface area contributed by atoms with Crippen LogP contribution in [0.4, 0.5) is 34.1 Å². The minimum atomic E-state index is -1.44. The summed E-state index contributed by atoms with van der Waals surface area (Å²) in [6, 6.07) is 43.5. The molecule has 214 valence electrons. The van der Waals surface area contributed by atoms with Crippen molar-refractivity contribution >= 4 is 72.2 Å². The molecule has 0 heterocycles. The van der Waals surface area contributed by atoms with Gasteiger partial charge in [0.2, 0.25) is 0 Å². The Kier molecular flexibility index (Phi) is 8.52. The Hall–Kier alpha value is -3.58. The van der Waals surface area contributed by atoms with Crippen LogP contribution in [-0.2, 0) is 0 Å². The molecule has 2 nitrogen and oxygen atoms in total. The molecule has 5 rings (SSSR count). The molecule has 5 heteroatoms. The van der Waals surface area contributed by atoms with Crippen LogP contribution in [0.15, 0.2) is 121 Å². The summed E-state index contributed by atoms with van der Waals surface area (Å²) in [6.07, 6.45) is 0. The number of anilines is 6. The number of benzene rings is 5. The molecule has 0 aliphatic carbocycles. The fraction of sp³-hybridized carbons (Fsp3) is 0.189. The zero-order valence-electron chi connectivity index (χ0n) is 25.8. The summed E-state index contributed by atoms with van der Waals surface area (Å²) < 4.78 is 0. The van der Waals surface area contributed by atoms with E-state index in [0.717, 1.165) is 39.7 Å². The van der Waals surface area contributed by atoms with Gasteiger partial charge in [0.25, 0.3) is 0 Å². The molecule has 0 unspecified atom stereocenters.